The maximum absolute atomic E-state index is 13.3. The van der Waals surface area contributed by atoms with Gasteiger partial charge in [0.15, 0.2) is 0 Å². The molecule has 29 heavy (non-hydrogen) atoms. The lowest BCUT2D eigenvalue weighted by Crippen LogP contribution is -2.56. The summed E-state index contributed by atoms with van der Waals surface area (Å²) in [5.41, 5.74) is 0.737. The highest BCUT2D eigenvalue weighted by Crippen LogP contribution is 2.22. The molecule has 3 rings (SSSR count). The number of piperazine rings is 1. The number of ether oxygens (including phenoxy) is 1. The summed E-state index contributed by atoms with van der Waals surface area (Å²) in [7, 11) is 1.77. The van der Waals surface area contributed by atoms with Gasteiger partial charge in [0.1, 0.15) is 5.82 Å². The fourth-order valence-corrected chi connectivity index (χ4v) is 3.83. The van der Waals surface area contributed by atoms with E-state index in [1.807, 2.05) is 4.90 Å². The number of amides is 2. The summed E-state index contributed by atoms with van der Waals surface area (Å²) in [4.78, 5) is 31.1. The molecule has 1 atom stereocenters. The molecule has 2 aliphatic heterocycles. The molecule has 2 saturated heterocycles. The fourth-order valence-electron chi connectivity index (χ4n) is 3.60. The van der Waals surface area contributed by atoms with Gasteiger partial charge in [-0.1, -0.05) is 17.7 Å². The second-order valence-corrected chi connectivity index (χ2v) is 7.89. The lowest BCUT2D eigenvalue weighted by atomic mass is 10.1. The average Bonchev–Trinajstić information content (AvgIpc) is 2.71. The molecular formula is C20H28ClFN4O3. The van der Waals surface area contributed by atoms with Gasteiger partial charge in [0, 0.05) is 57.9 Å². The van der Waals surface area contributed by atoms with Crippen LogP contribution in [0.2, 0.25) is 5.02 Å². The standard InChI is InChI=1S/C20H28ClFN4O3/c1-24(6-7-25-8-10-29-11-9-25)19(27)13-18-20(28)23-4-5-26(18)14-15-2-3-16(22)12-17(15)21/h2-3,12,18H,4-11,13-14H2,1H3,(H,23,28)/t18-/m0/s1. The normalized spacial score (nSPS) is 21.1. The number of benzene rings is 1. The minimum Gasteiger partial charge on any atom is -0.379 e. The number of hydrogen-bond acceptors (Lipinski definition) is 5. The van der Waals surface area contributed by atoms with Crippen molar-refractivity contribution in [1.29, 1.82) is 0 Å². The highest BCUT2D eigenvalue weighted by molar-refractivity contribution is 6.31. The summed E-state index contributed by atoms with van der Waals surface area (Å²) in [6.45, 7) is 6.10. The first-order valence-corrected chi connectivity index (χ1v) is 10.3. The van der Waals surface area contributed by atoms with E-state index in [1.54, 1.807) is 18.0 Å². The van der Waals surface area contributed by atoms with E-state index in [4.69, 9.17) is 16.3 Å². The number of hydrogen-bond donors (Lipinski definition) is 1. The van der Waals surface area contributed by atoms with Crippen LogP contribution in [0.1, 0.15) is 12.0 Å². The Kier molecular flexibility index (Phi) is 7.83. The summed E-state index contributed by atoms with van der Waals surface area (Å²) in [6, 6.07) is 3.67. The zero-order valence-electron chi connectivity index (χ0n) is 16.7. The second kappa shape index (κ2) is 10.3. The lowest BCUT2D eigenvalue weighted by molar-refractivity contribution is -0.138. The van der Waals surface area contributed by atoms with E-state index in [0.29, 0.717) is 31.2 Å². The molecule has 160 valence electrons. The van der Waals surface area contributed by atoms with E-state index < -0.39 is 11.9 Å². The Morgan fingerprint density at radius 2 is 2.10 bits per heavy atom. The summed E-state index contributed by atoms with van der Waals surface area (Å²) < 4.78 is 18.6. The van der Waals surface area contributed by atoms with Crippen LogP contribution in [0, 0.1) is 5.82 Å². The highest BCUT2D eigenvalue weighted by Gasteiger charge is 2.32. The van der Waals surface area contributed by atoms with Crippen LogP contribution in [0.4, 0.5) is 4.39 Å². The highest BCUT2D eigenvalue weighted by atomic mass is 35.5. The Morgan fingerprint density at radius 1 is 1.34 bits per heavy atom. The van der Waals surface area contributed by atoms with Gasteiger partial charge in [-0.05, 0) is 17.7 Å². The van der Waals surface area contributed by atoms with Crippen LogP contribution in [0.5, 0.6) is 0 Å². The van der Waals surface area contributed by atoms with Crippen molar-refractivity contribution in [2.24, 2.45) is 0 Å². The predicted octanol–water partition coefficient (Wildman–Crippen LogP) is 0.960. The van der Waals surface area contributed by atoms with Crippen molar-refractivity contribution in [2.45, 2.75) is 19.0 Å². The molecule has 1 N–H and O–H groups in total. The van der Waals surface area contributed by atoms with E-state index in [2.05, 4.69) is 10.2 Å². The molecule has 0 aliphatic carbocycles. The van der Waals surface area contributed by atoms with Crippen LogP contribution in [0.15, 0.2) is 18.2 Å². The van der Waals surface area contributed by atoms with E-state index in [9.17, 15) is 14.0 Å². The molecule has 1 aromatic rings. The second-order valence-electron chi connectivity index (χ2n) is 7.49. The molecule has 0 saturated carbocycles. The Balaban J connectivity index is 1.57. The number of halogens is 2. The van der Waals surface area contributed by atoms with Crippen LogP contribution in [-0.2, 0) is 20.9 Å². The topological polar surface area (TPSA) is 65.1 Å². The molecule has 0 aromatic heterocycles. The first-order chi connectivity index (χ1) is 13.9. The number of nitrogens with one attached hydrogen (secondary N) is 1. The minimum absolute atomic E-state index is 0.0736. The molecule has 0 radical (unpaired) electrons. The average molecular weight is 427 g/mol. The number of carbonyl (C=O) groups is 2. The maximum atomic E-state index is 13.3. The summed E-state index contributed by atoms with van der Waals surface area (Å²) in [6.07, 6.45) is 0.101. The summed E-state index contributed by atoms with van der Waals surface area (Å²) >= 11 is 6.15. The first-order valence-electron chi connectivity index (χ1n) is 9.94. The van der Waals surface area contributed by atoms with Crippen molar-refractivity contribution in [3.8, 4) is 0 Å². The van der Waals surface area contributed by atoms with E-state index in [-0.39, 0.29) is 18.2 Å². The van der Waals surface area contributed by atoms with E-state index in [1.165, 1.54) is 12.1 Å². The Morgan fingerprint density at radius 3 is 2.83 bits per heavy atom. The van der Waals surface area contributed by atoms with Crippen molar-refractivity contribution in [3.63, 3.8) is 0 Å². The number of morpholine rings is 1. The SMILES string of the molecule is CN(CCN1CCOCC1)C(=O)C[C@H]1C(=O)NCCN1Cc1ccc(F)cc1Cl. The van der Waals surface area contributed by atoms with Gasteiger partial charge < -0.3 is 15.0 Å². The smallest absolute Gasteiger partial charge is 0.237 e. The van der Waals surface area contributed by atoms with Crippen molar-refractivity contribution >= 4 is 23.4 Å². The van der Waals surface area contributed by atoms with E-state index in [0.717, 1.165) is 38.4 Å². The number of carbonyl (C=O) groups excluding carboxylic acids is 2. The van der Waals surface area contributed by atoms with Crippen molar-refractivity contribution in [2.75, 3.05) is 59.5 Å². The quantitative estimate of drug-likeness (QED) is 0.703. The molecule has 2 amide bonds. The Hall–Kier alpha value is -1.74. The monoisotopic (exact) mass is 426 g/mol. The Bertz CT molecular complexity index is 730. The predicted molar refractivity (Wildman–Crippen MR) is 108 cm³/mol. The molecule has 0 unspecified atom stereocenters. The number of rotatable bonds is 7. The molecule has 9 heteroatoms. The molecule has 7 nitrogen and oxygen atoms in total. The zero-order chi connectivity index (χ0) is 20.8. The van der Waals surface area contributed by atoms with Gasteiger partial charge in [-0.15, -0.1) is 0 Å². The van der Waals surface area contributed by atoms with Gasteiger partial charge in [0.05, 0.1) is 25.7 Å². The van der Waals surface area contributed by atoms with Crippen molar-refractivity contribution < 1.29 is 18.7 Å². The Labute approximate surface area is 175 Å². The number of nitrogens with zero attached hydrogens (tertiary/aromatic N) is 3. The van der Waals surface area contributed by atoms with Crippen molar-refractivity contribution in [3.05, 3.63) is 34.6 Å². The molecule has 1 aromatic carbocycles. The molecule has 0 bridgehead atoms. The van der Waals surface area contributed by atoms with Crippen LogP contribution < -0.4 is 5.32 Å². The fraction of sp³-hybridized carbons (Fsp3) is 0.600. The zero-order valence-corrected chi connectivity index (χ0v) is 17.5. The number of likely N-dealkylation sites (N-methyl/N-ethyl adjacent to an activating group) is 1. The third kappa shape index (κ3) is 6.12. The van der Waals surface area contributed by atoms with Gasteiger partial charge >= 0.3 is 0 Å². The van der Waals surface area contributed by atoms with Gasteiger partial charge in [0.25, 0.3) is 0 Å². The lowest BCUT2D eigenvalue weighted by Gasteiger charge is -2.36. The molecular weight excluding hydrogens is 399 g/mol. The maximum Gasteiger partial charge on any atom is 0.237 e. The first kappa shape index (κ1) is 22.0. The van der Waals surface area contributed by atoms with Gasteiger partial charge in [0.2, 0.25) is 11.8 Å². The van der Waals surface area contributed by atoms with Gasteiger partial charge in [-0.25, -0.2) is 4.39 Å². The summed E-state index contributed by atoms with van der Waals surface area (Å²) in [5, 5.41) is 3.16. The third-order valence-corrected chi connectivity index (χ3v) is 5.83. The molecule has 2 fully saturated rings. The van der Waals surface area contributed by atoms with Crippen LogP contribution in [-0.4, -0.2) is 92.1 Å². The third-order valence-electron chi connectivity index (χ3n) is 5.48. The largest absolute Gasteiger partial charge is 0.379 e. The van der Waals surface area contributed by atoms with Gasteiger partial charge in [-0.2, -0.15) is 0 Å². The van der Waals surface area contributed by atoms with Gasteiger partial charge in [-0.3, -0.25) is 19.4 Å². The molecule has 2 heterocycles. The molecule has 0 spiro atoms. The summed E-state index contributed by atoms with van der Waals surface area (Å²) in [5.74, 6) is -0.635. The van der Waals surface area contributed by atoms with E-state index >= 15 is 0 Å². The van der Waals surface area contributed by atoms with Crippen LogP contribution in [0.3, 0.4) is 0 Å². The minimum atomic E-state index is -0.566. The van der Waals surface area contributed by atoms with Crippen molar-refractivity contribution in [1.82, 2.24) is 20.0 Å². The van der Waals surface area contributed by atoms with Crippen LogP contribution in [0.25, 0.3) is 0 Å². The molecule has 2 aliphatic rings. The van der Waals surface area contributed by atoms with Crippen LogP contribution >= 0.6 is 11.6 Å².